The van der Waals surface area contributed by atoms with E-state index in [1.807, 2.05) is 53.9 Å². The highest BCUT2D eigenvalue weighted by Gasteiger charge is 2.06. The normalized spacial score (nSPS) is 10.4. The van der Waals surface area contributed by atoms with Crippen LogP contribution in [-0.4, -0.2) is 17.5 Å². The number of aromatic nitrogens is 1. The maximum atomic E-state index is 11.2. The van der Waals surface area contributed by atoms with Gasteiger partial charge in [-0.1, -0.05) is 13.0 Å². The molecule has 3 rings (SSSR count). The molecule has 3 aromatic rings. The summed E-state index contributed by atoms with van der Waals surface area (Å²) in [6.45, 7) is 4.30. The molecule has 0 spiro atoms. The van der Waals surface area contributed by atoms with Crippen LogP contribution >= 0.6 is 11.3 Å². The van der Waals surface area contributed by atoms with Crippen molar-refractivity contribution in [1.82, 2.24) is 4.98 Å². The van der Waals surface area contributed by atoms with E-state index in [0.717, 1.165) is 46.5 Å². The van der Waals surface area contributed by atoms with Gasteiger partial charge >= 0.3 is 0 Å². The lowest BCUT2D eigenvalue weighted by molar-refractivity contribution is -0.114. The van der Waals surface area contributed by atoms with Crippen LogP contribution < -0.4 is 15.4 Å². The van der Waals surface area contributed by atoms with Crippen molar-refractivity contribution < 1.29 is 9.53 Å². The smallest absolute Gasteiger partial charge is 0.221 e. The lowest BCUT2D eigenvalue weighted by Crippen LogP contribution is -2.05. The molecule has 0 atom stereocenters. The first-order chi connectivity index (χ1) is 12.6. The van der Waals surface area contributed by atoms with Crippen LogP contribution in [0.2, 0.25) is 0 Å². The van der Waals surface area contributed by atoms with Gasteiger partial charge in [0.1, 0.15) is 5.75 Å². The first kappa shape index (κ1) is 17.9. The standard InChI is InChI=1S/C20H21N3O2S/c1-3-11-25-18-9-7-15(8-10-18)19-13-26-20(23-19)22-17-6-4-5-16(12-17)21-14(2)24/h4-10,12-13H,3,11H2,1-2H3,(H,21,24)(H,22,23). The van der Waals surface area contributed by atoms with Crippen molar-refractivity contribution >= 4 is 33.8 Å². The maximum Gasteiger partial charge on any atom is 0.221 e. The van der Waals surface area contributed by atoms with E-state index in [1.165, 1.54) is 18.3 Å². The molecule has 0 unspecified atom stereocenters. The van der Waals surface area contributed by atoms with E-state index >= 15 is 0 Å². The van der Waals surface area contributed by atoms with Gasteiger partial charge in [-0.05, 0) is 48.9 Å². The van der Waals surface area contributed by atoms with Crippen molar-refractivity contribution in [3.8, 4) is 17.0 Å². The number of rotatable bonds is 7. The van der Waals surface area contributed by atoms with Crippen molar-refractivity contribution in [1.29, 1.82) is 0 Å². The monoisotopic (exact) mass is 367 g/mol. The van der Waals surface area contributed by atoms with Crippen molar-refractivity contribution in [2.24, 2.45) is 0 Å². The van der Waals surface area contributed by atoms with Crippen molar-refractivity contribution in [2.45, 2.75) is 20.3 Å². The van der Waals surface area contributed by atoms with Crippen LogP contribution in [0.15, 0.2) is 53.9 Å². The Morgan fingerprint density at radius 3 is 2.65 bits per heavy atom. The number of carbonyl (C=O) groups is 1. The summed E-state index contributed by atoms with van der Waals surface area (Å²) in [5.74, 6) is 0.781. The fourth-order valence-electron chi connectivity index (χ4n) is 2.41. The van der Waals surface area contributed by atoms with E-state index in [4.69, 9.17) is 4.74 Å². The molecule has 0 aliphatic carbocycles. The van der Waals surface area contributed by atoms with Crippen LogP contribution in [0.25, 0.3) is 11.3 Å². The molecule has 5 nitrogen and oxygen atoms in total. The Kier molecular flexibility index (Phi) is 5.86. The van der Waals surface area contributed by atoms with E-state index in [2.05, 4.69) is 22.5 Å². The number of hydrogen-bond acceptors (Lipinski definition) is 5. The summed E-state index contributed by atoms with van der Waals surface area (Å²) >= 11 is 1.54. The molecule has 0 saturated heterocycles. The number of thiazole rings is 1. The summed E-state index contributed by atoms with van der Waals surface area (Å²) in [4.78, 5) is 15.8. The summed E-state index contributed by atoms with van der Waals surface area (Å²) in [6, 6.07) is 15.5. The molecule has 0 bridgehead atoms. The molecule has 6 heteroatoms. The maximum absolute atomic E-state index is 11.2. The molecule has 0 fully saturated rings. The lowest BCUT2D eigenvalue weighted by atomic mass is 10.2. The molecule has 26 heavy (non-hydrogen) atoms. The fraction of sp³-hybridized carbons (Fsp3) is 0.200. The SMILES string of the molecule is CCCOc1ccc(-c2csc(Nc3cccc(NC(C)=O)c3)n2)cc1. The number of nitrogens with zero attached hydrogens (tertiary/aromatic N) is 1. The van der Waals surface area contributed by atoms with Gasteiger partial charge in [0.05, 0.1) is 12.3 Å². The van der Waals surface area contributed by atoms with E-state index in [9.17, 15) is 4.79 Å². The molecule has 1 aromatic heterocycles. The van der Waals surface area contributed by atoms with Gasteiger partial charge in [-0.2, -0.15) is 0 Å². The predicted molar refractivity (Wildman–Crippen MR) is 107 cm³/mol. The molecular formula is C20H21N3O2S. The highest BCUT2D eigenvalue weighted by atomic mass is 32.1. The van der Waals surface area contributed by atoms with Crippen molar-refractivity contribution in [2.75, 3.05) is 17.2 Å². The third-order valence-corrected chi connectivity index (χ3v) is 4.32. The molecule has 0 radical (unpaired) electrons. The number of amides is 1. The molecule has 1 heterocycles. The average Bonchev–Trinajstić information content (AvgIpc) is 3.08. The van der Waals surface area contributed by atoms with Gasteiger partial charge in [-0.15, -0.1) is 11.3 Å². The van der Waals surface area contributed by atoms with Gasteiger partial charge in [0.25, 0.3) is 0 Å². The van der Waals surface area contributed by atoms with E-state index in [-0.39, 0.29) is 5.91 Å². The summed E-state index contributed by atoms with van der Waals surface area (Å²) in [7, 11) is 0. The summed E-state index contributed by atoms with van der Waals surface area (Å²) in [5, 5.41) is 8.87. The van der Waals surface area contributed by atoms with Gasteiger partial charge in [-0.25, -0.2) is 4.98 Å². The quantitative estimate of drug-likeness (QED) is 0.595. The summed E-state index contributed by atoms with van der Waals surface area (Å²) < 4.78 is 5.61. The lowest BCUT2D eigenvalue weighted by Gasteiger charge is -2.06. The minimum atomic E-state index is -0.0925. The van der Waals surface area contributed by atoms with Gasteiger partial charge < -0.3 is 15.4 Å². The molecule has 0 aliphatic heterocycles. The van der Waals surface area contributed by atoms with Gasteiger partial charge in [0, 0.05) is 29.2 Å². The molecule has 2 N–H and O–H groups in total. The molecule has 2 aromatic carbocycles. The molecule has 0 saturated carbocycles. The number of anilines is 3. The zero-order valence-electron chi connectivity index (χ0n) is 14.8. The van der Waals surface area contributed by atoms with Crippen LogP contribution in [0, 0.1) is 0 Å². The third kappa shape index (κ3) is 4.83. The van der Waals surface area contributed by atoms with Gasteiger partial charge in [0.2, 0.25) is 5.91 Å². The Morgan fingerprint density at radius 1 is 1.15 bits per heavy atom. The highest BCUT2D eigenvalue weighted by molar-refractivity contribution is 7.14. The zero-order chi connectivity index (χ0) is 18.4. The second kappa shape index (κ2) is 8.49. The van der Waals surface area contributed by atoms with Crippen LogP contribution in [0.3, 0.4) is 0 Å². The Hall–Kier alpha value is -2.86. The van der Waals surface area contributed by atoms with Crippen molar-refractivity contribution in [3.63, 3.8) is 0 Å². The van der Waals surface area contributed by atoms with Crippen LogP contribution in [-0.2, 0) is 4.79 Å². The first-order valence-electron chi connectivity index (χ1n) is 8.47. The van der Waals surface area contributed by atoms with Crippen LogP contribution in [0.5, 0.6) is 5.75 Å². The summed E-state index contributed by atoms with van der Waals surface area (Å²) in [5.41, 5.74) is 3.59. The van der Waals surface area contributed by atoms with E-state index < -0.39 is 0 Å². The highest BCUT2D eigenvalue weighted by Crippen LogP contribution is 2.29. The van der Waals surface area contributed by atoms with E-state index in [0.29, 0.717) is 0 Å². The van der Waals surface area contributed by atoms with E-state index in [1.54, 1.807) is 0 Å². The second-order valence-corrected chi connectivity index (χ2v) is 6.66. The minimum absolute atomic E-state index is 0.0925. The predicted octanol–water partition coefficient (Wildman–Crippen LogP) is 5.30. The first-order valence-corrected chi connectivity index (χ1v) is 9.35. The third-order valence-electron chi connectivity index (χ3n) is 3.56. The Labute approximate surface area is 157 Å². The topological polar surface area (TPSA) is 63.2 Å². The number of benzene rings is 2. The Morgan fingerprint density at radius 2 is 1.92 bits per heavy atom. The molecule has 0 aliphatic rings. The van der Waals surface area contributed by atoms with Crippen LogP contribution in [0.1, 0.15) is 20.3 Å². The minimum Gasteiger partial charge on any atom is -0.494 e. The second-order valence-electron chi connectivity index (χ2n) is 5.80. The van der Waals surface area contributed by atoms with Gasteiger partial charge in [-0.3, -0.25) is 4.79 Å². The Balaban J connectivity index is 1.69. The number of nitrogens with one attached hydrogen (secondary N) is 2. The number of carbonyl (C=O) groups excluding carboxylic acids is 1. The molecule has 1 amide bonds. The number of hydrogen-bond donors (Lipinski definition) is 2. The summed E-state index contributed by atoms with van der Waals surface area (Å²) in [6.07, 6.45) is 0.992. The zero-order valence-corrected chi connectivity index (χ0v) is 15.6. The molecule has 134 valence electrons. The average molecular weight is 367 g/mol. The Bertz CT molecular complexity index is 875. The largest absolute Gasteiger partial charge is 0.494 e. The van der Waals surface area contributed by atoms with Crippen LogP contribution in [0.4, 0.5) is 16.5 Å². The van der Waals surface area contributed by atoms with Crippen molar-refractivity contribution in [3.05, 3.63) is 53.9 Å². The molecular weight excluding hydrogens is 346 g/mol. The fourth-order valence-corrected chi connectivity index (χ4v) is 3.15. The van der Waals surface area contributed by atoms with Gasteiger partial charge in [0.15, 0.2) is 5.13 Å². The number of ether oxygens (including phenoxy) is 1.